The van der Waals surface area contributed by atoms with Crippen molar-refractivity contribution in [2.75, 3.05) is 0 Å². The standard InChI is InChI=1S/C51H32N4S/c1-3-13-33(14-4-1)51-53-44(31-45(54-51)41-20-11-23-49-50(41)42-19-8-10-22-48(42)56-49)38-28-36(27-37(29-38)35-15-12-26-52-32-35)34-24-25-47-43(30-34)40-18-7-9-21-46(40)55(47)39-16-5-2-6-17-39/h1-32H. The van der Waals surface area contributed by atoms with Gasteiger partial charge in [0.1, 0.15) is 0 Å². The summed E-state index contributed by atoms with van der Waals surface area (Å²) in [5.74, 6) is 0.693. The maximum absolute atomic E-state index is 5.30. The van der Waals surface area contributed by atoms with Crippen LogP contribution < -0.4 is 0 Å². The third-order valence-corrected chi connectivity index (χ3v) is 11.8. The van der Waals surface area contributed by atoms with Gasteiger partial charge in [-0.15, -0.1) is 11.3 Å². The van der Waals surface area contributed by atoms with E-state index in [1.165, 1.54) is 42.0 Å². The second-order valence-electron chi connectivity index (χ2n) is 14.1. The van der Waals surface area contributed by atoms with Crippen LogP contribution in [0.2, 0.25) is 0 Å². The summed E-state index contributed by atoms with van der Waals surface area (Å²) in [6.07, 6.45) is 3.75. The van der Waals surface area contributed by atoms with Gasteiger partial charge in [0.2, 0.25) is 0 Å². The highest BCUT2D eigenvalue weighted by molar-refractivity contribution is 7.25. The van der Waals surface area contributed by atoms with Gasteiger partial charge in [-0.25, -0.2) is 9.97 Å². The number of benzene rings is 7. The van der Waals surface area contributed by atoms with Gasteiger partial charge in [-0.1, -0.05) is 109 Å². The van der Waals surface area contributed by atoms with Crippen LogP contribution in [-0.2, 0) is 0 Å². The third-order valence-electron chi connectivity index (χ3n) is 10.7. The lowest BCUT2D eigenvalue weighted by Gasteiger charge is -2.14. The number of rotatable bonds is 6. The van der Waals surface area contributed by atoms with Crippen molar-refractivity contribution in [1.29, 1.82) is 0 Å². The minimum Gasteiger partial charge on any atom is -0.309 e. The van der Waals surface area contributed by atoms with Crippen molar-refractivity contribution in [3.05, 3.63) is 194 Å². The third kappa shape index (κ3) is 5.48. The van der Waals surface area contributed by atoms with E-state index in [0.717, 1.165) is 56.0 Å². The number of hydrogen-bond donors (Lipinski definition) is 0. The van der Waals surface area contributed by atoms with Crippen LogP contribution in [0.3, 0.4) is 0 Å². The second kappa shape index (κ2) is 13.3. The highest BCUT2D eigenvalue weighted by Gasteiger charge is 2.18. The maximum atomic E-state index is 5.30. The van der Waals surface area contributed by atoms with Gasteiger partial charge in [0, 0.05) is 71.3 Å². The van der Waals surface area contributed by atoms with Gasteiger partial charge in [-0.2, -0.15) is 0 Å². The number of thiophene rings is 1. The molecular weight excluding hydrogens is 701 g/mol. The van der Waals surface area contributed by atoms with E-state index >= 15 is 0 Å². The number of para-hydroxylation sites is 2. The summed E-state index contributed by atoms with van der Waals surface area (Å²) in [4.78, 5) is 15.1. The lowest BCUT2D eigenvalue weighted by molar-refractivity contribution is 1.18. The molecule has 0 radical (unpaired) electrons. The molecule has 0 aliphatic heterocycles. The predicted molar refractivity (Wildman–Crippen MR) is 234 cm³/mol. The average molecular weight is 733 g/mol. The Labute approximate surface area is 327 Å². The molecule has 0 amide bonds. The van der Waals surface area contributed by atoms with Crippen molar-refractivity contribution in [2.24, 2.45) is 0 Å². The van der Waals surface area contributed by atoms with Crippen LogP contribution in [0.1, 0.15) is 0 Å². The zero-order valence-corrected chi connectivity index (χ0v) is 31.0. The van der Waals surface area contributed by atoms with Gasteiger partial charge < -0.3 is 4.57 Å². The first-order valence-corrected chi connectivity index (χ1v) is 19.6. The van der Waals surface area contributed by atoms with E-state index in [9.17, 15) is 0 Å². The van der Waals surface area contributed by atoms with Gasteiger partial charge in [0.25, 0.3) is 0 Å². The Morgan fingerprint density at radius 3 is 1.93 bits per heavy atom. The first kappa shape index (κ1) is 32.2. The van der Waals surface area contributed by atoms with Crippen LogP contribution in [0.4, 0.5) is 0 Å². The zero-order valence-electron chi connectivity index (χ0n) is 30.2. The second-order valence-corrected chi connectivity index (χ2v) is 15.1. The van der Waals surface area contributed by atoms with Gasteiger partial charge in [-0.3, -0.25) is 4.98 Å². The van der Waals surface area contributed by atoms with Crippen LogP contribution >= 0.6 is 11.3 Å². The average Bonchev–Trinajstić information content (AvgIpc) is 3.83. The minimum atomic E-state index is 0.693. The molecule has 0 fully saturated rings. The molecule has 0 aliphatic carbocycles. The number of hydrogen-bond acceptors (Lipinski definition) is 4. The summed E-state index contributed by atoms with van der Waals surface area (Å²) in [5, 5.41) is 4.90. The summed E-state index contributed by atoms with van der Waals surface area (Å²) in [7, 11) is 0. The van der Waals surface area contributed by atoms with Crippen molar-refractivity contribution in [2.45, 2.75) is 0 Å². The van der Waals surface area contributed by atoms with E-state index in [0.29, 0.717) is 5.82 Å². The fraction of sp³-hybridized carbons (Fsp3) is 0. The normalized spacial score (nSPS) is 11.6. The summed E-state index contributed by atoms with van der Waals surface area (Å²) >= 11 is 1.82. The Hall–Kier alpha value is -7.21. The highest BCUT2D eigenvalue weighted by Crippen LogP contribution is 2.42. The van der Waals surface area contributed by atoms with Crippen molar-refractivity contribution in [3.8, 4) is 61.8 Å². The molecule has 0 aliphatic rings. The van der Waals surface area contributed by atoms with Crippen molar-refractivity contribution in [1.82, 2.24) is 19.5 Å². The quantitative estimate of drug-likeness (QED) is 0.171. The first-order valence-electron chi connectivity index (χ1n) is 18.8. The van der Waals surface area contributed by atoms with E-state index in [1.807, 2.05) is 48.0 Å². The first-order chi connectivity index (χ1) is 27.7. The maximum Gasteiger partial charge on any atom is 0.160 e. The minimum absolute atomic E-state index is 0.693. The summed E-state index contributed by atoms with van der Waals surface area (Å²) in [5.41, 5.74) is 12.7. The van der Waals surface area contributed by atoms with Gasteiger partial charge in [-0.05, 0) is 89.5 Å². The molecule has 0 atom stereocenters. The topological polar surface area (TPSA) is 43.6 Å². The molecule has 4 heterocycles. The number of pyridine rings is 1. The monoisotopic (exact) mass is 732 g/mol. The number of nitrogens with zero attached hydrogens (tertiary/aromatic N) is 4. The summed E-state index contributed by atoms with van der Waals surface area (Å²) < 4.78 is 4.87. The van der Waals surface area contributed by atoms with Gasteiger partial charge in [0.05, 0.1) is 22.4 Å². The van der Waals surface area contributed by atoms with Crippen LogP contribution in [0.15, 0.2) is 194 Å². The molecule has 0 bridgehead atoms. The molecular formula is C51H32N4S. The van der Waals surface area contributed by atoms with E-state index in [4.69, 9.17) is 9.97 Å². The lowest BCUT2D eigenvalue weighted by Crippen LogP contribution is -1.97. The zero-order chi connectivity index (χ0) is 37.0. The van der Waals surface area contributed by atoms with Crippen molar-refractivity contribution >= 4 is 53.3 Å². The van der Waals surface area contributed by atoms with Crippen molar-refractivity contribution in [3.63, 3.8) is 0 Å². The molecule has 0 saturated heterocycles. The van der Waals surface area contributed by atoms with E-state index in [2.05, 4.69) is 167 Å². The van der Waals surface area contributed by atoms with Crippen LogP contribution in [0.25, 0.3) is 104 Å². The fourth-order valence-corrected chi connectivity index (χ4v) is 9.22. The van der Waals surface area contributed by atoms with Gasteiger partial charge in [0.15, 0.2) is 5.82 Å². The SMILES string of the molecule is c1ccc(-c2nc(-c3cc(-c4cccnc4)cc(-c4ccc5c(c4)c4ccccc4n5-c4ccccc4)c3)cc(-c3cccc4sc5ccccc5c34)n2)cc1. The summed E-state index contributed by atoms with van der Waals surface area (Å²) in [6, 6.07) is 64.7. The Morgan fingerprint density at radius 1 is 0.411 bits per heavy atom. The predicted octanol–water partition coefficient (Wildman–Crippen LogP) is 13.7. The molecule has 0 spiro atoms. The molecule has 4 nitrogen and oxygen atoms in total. The van der Waals surface area contributed by atoms with Gasteiger partial charge >= 0.3 is 0 Å². The van der Waals surface area contributed by atoms with E-state index in [-0.39, 0.29) is 0 Å². The molecule has 0 N–H and O–H groups in total. The Bertz CT molecular complexity index is 3240. The Morgan fingerprint density at radius 2 is 1.09 bits per heavy atom. The molecule has 5 heteroatoms. The fourth-order valence-electron chi connectivity index (χ4n) is 8.09. The lowest BCUT2D eigenvalue weighted by atomic mass is 9.94. The smallest absolute Gasteiger partial charge is 0.160 e. The largest absolute Gasteiger partial charge is 0.309 e. The number of fused-ring (bicyclic) bond motifs is 6. The van der Waals surface area contributed by atoms with Crippen molar-refractivity contribution < 1.29 is 0 Å². The Kier molecular flexibility index (Phi) is 7.64. The summed E-state index contributed by atoms with van der Waals surface area (Å²) in [6.45, 7) is 0. The van der Waals surface area contributed by atoms with E-state index < -0.39 is 0 Å². The molecule has 4 aromatic heterocycles. The van der Waals surface area contributed by atoms with E-state index in [1.54, 1.807) is 0 Å². The molecule has 0 saturated carbocycles. The number of aromatic nitrogens is 4. The Balaban J connectivity index is 1.15. The van der Waals surface area contributed by atoms with Crippen LogP contribution in [-0.4, -0.2) is 19.5 Å². The van der Waals surface area contributed by atoms with Crippen LogP contribution in [0.5, 0.6) is 0 Å². The molecule has 11 rings (SSSR count). The molecule has 11 aromatic rings. The molecule has 7 aromatic carbocycles. The van der Waals surface area contributed by atoms with Crippen LogP contribution in [0, 0.1) is 0 Å². The molecule has 56 heavy (non-hydrogen) atoms. The molecule has 0 unspecified atom stereocenters. The molecule has 262 valence electrons. The highest BCUT2D eigenvalue weighted by atomic mass is 32.1.